The molecule has 0 bridgehead atoms. The zero-order valence-corrected chi connectivity index (χ0v) is 17.1. The maximum atomic E-state index is 12.1. The normalized spacial score (nSPS) is 10.4. The molecule has 0 fully saturated rings. The first-order chi connectivity index (χ1) is 14.1. The van der Waals surface area contributed by atoms with Gasteiger partial charge in [0.1, 0.15) is 18.1 Å². The highest BCUT2D eigenvalue weighted by atomic mass is 35.5. The number of rotatable bonds is 9. The lowest BCUT2D eigenvalue weighted by molar-refractivity contribution is -0.116. The summed E-state index contributed by atoms with van der Waals surface area (Å²) in [6.07, 6.45) is 1.02. The van der Waals surface area contributed by atoms with Gasteiger partial charge in [-0.2, -0.15) is 0 Å². The van der Waals surface area contributed by atoms with Crippen molar-refractivity contribution in [3.05, 3.63) is 88.9 Å². The lowest BCUT2D eigenvalue weighted by Crippen LogP contribution is -2.12. The summed E-state index contributed by atoms with van der Waals surface area (Å²) in [7, 11) is 0. The van der Waals surface area contributed by atoms with Crippen LogP contribution in [0.5, 0.6) is 11.5 Å². The lowest BCUT2D eigenvalue weighted by Gasteiger charge is -2.09. The summed E-state index contributed by atoms with van der Waals surface area (Å²) in [5.74, 6) is 1.48. The molecule has 5 heteroatoms. The number of aryl methyl sites for hydroxylation is 1. The van der Waals surface area contributed by atoms with Gasteiger partial charge in [0.15, 0.2) is 0 Å². The molecule has 0 aliphatic heterocycles. The molecule has 150 valence electrons. The summed E-state index contributed by atoms with van der Waals surface area (Å²) in [4.78, 5) is 12.1. The highest BCUT2D eigenvalue weighted by molar-refractivity contribution is 6.31. The van der Waals surface area contributed by atoms with Gasteiger partial charge in [-0.05, 0) is 66.9 Å². The van der Waals surface area contributed by atoms with Crippen LogP contribution in [-0.2, 0) is 11.4 Å². The van der Waals surface area contributed by atoms with E-state index in [0.29, 0.717) is 31.1 Å². The number of benzene rings is 3. The van der Waals surface area contributed by atoms with Crippen molar-refractivity contribution in [1.82, 2.24) is 0 Å². The summed E-state index contributed by atoms with van der Waals surface area (Å²) in [6.45, 7) is 2.92. The highest BCUT2D eigenvalue weighted by Crippen LogP contribution is 2.21. The van der Waals surface area contributed by atoms with E-state index in [1.165, 1.54) is 0 Å². The molecule has 3 rings (SSSR count). The first-order valence-corrected chi connectivity index (χ1v) is 9.93. The van der Waals surface area contributed by atoms with Crippen LogP contribution in [0.15, 0.2) is 72.8 Å². The Balaban J connectivity index is 1.37. The number of halogens is 1. The van der Waals surface area contributed by atoms with Gasteiger partial charge < -0.3 is 14.8 Å². The van der Waals surface area contributed by atoms with E-state index in [-0.39, 0.29) is 5.91 Å². The van der Waals surface area contributed by atoms with Crippen LogP contribution in [0.1, 0.15) is 24.0 Å². The van der Waals surface area contributed by atoms with Gasteiger partial charge in [-0.1, -0.05) is 41.9 Å². The van der Waals surface area contributed by atoms with Gasteiger partial charge in [0.2, 0.25) is 5.91 Å². The van der Waals surface area contributed by atoms with E-state index in [9.17, 15) is 4.79 Å². The Kier molecular flexibility index (Phi) is 7.54. The van der Waals surface area contributed by atoms with E-state index in [1.54, 1.807) is 0 Å². The Bertz CT molecular complexity index is 927. The summed E-state index contributed by atoms with van der Waals surface area (Å²) >= 11 is 6.00. The SMILES string of the molecule is Cc1cc(OCCCC(=O)Nc2ccc(OCc3ccccc3)cc2)ccc1Cl. The van der Waals surface area contributed by atoms with Crippen molar-refractivity contribution in [2.75, 3.05) is 11.9 Å². The van der Waals surface area contributed by atoms with E-state index in [4.69, 9.17) is 21.1 Å². The van der Waals surface area contributed by atoms with E-state index < -0.39 is 0 Å². The summed E-state index contributed by atoms with van der Waals surface area (Å²) in [5.41, 5.74) is 2.83. The largest absolute Gasteiger partial charge is 0.494 e. The van der Waals surface area contributed by atoms with Crippen molar-refractivity contribution in [1.29, 1.82) is 0 Å². The van der Waals surface area contributed by atoms with Crippen LogP contribution in [-0.4, -0.2) is 12.5 Å². The van der Waals surface area contributed by atoms with Crippen LogP contribution in [0.3, 0.4) is 0 Å². The van der Waals surface area contributed by atoms with Crippen LogP contribution in [0.2, 0.25) is 5.02 Å². The third kappa shape index (κ3) is 6.84. The molecule has 0 saturated heterocycles. The van der Waals surface area contributed by atoms with Crippen molar-refractivity contribution in [2.45, 2.75) is 26.4 Å². The number of hydrogen-bond donors (Lipinski definition) is 1. The standard InChI is InChI=1S/C24H24ClNO3/c1-18-16-22(13-14-23(18)25)28-15-5-8-24(27)26-20-9-11-21(12-10-20)29-17-19-6-3-2-4-7-19/h2-4,6-7,9-14,16H,5,8,15,17H2,1H3,(H,26,27). The van der Waals surface area contributed by atoms with Crippen LogP contribution < -0.4 is 14.8 Å². The molecule has 0 radical (unpaired) electrons. The van der Waals surface area contributed by atoms with Crippen LogP contribution in [0.4, 0.5) is 5.69 Å². The molecule has 0 heterocycles. The smallest absolute Gasteiger partial charge is 0.224 e. The molecule has 0 aromatic heterocycles. The summed E-state index contributed by atoms with van der Waals surface area (Å²) < 4.78 is 11.4. The number of amides is 1. The Hall–Kier alpha value is -2.98. The van der Waals surface area contributed by atoms with E-state index in [1.807, 2.05) is 79.7 Å². The first-order valence-electron chi connectivity index (χ1n) is 9.56. The second-order valence-corrected chi connectivity index (χ2v) is 7.12. The maximum Gasteiger partial charge on any atom is 0.224 e. The minimum atomic E-state index is -0.0427. The number of carbonyl (C=O) groups is 1. The van der Waals surface area contributed by atoms with Gasteiger partial charge in [0.05, 0.1) is 6.61 Å². The molecule has 0 spiro atoms. The quantitative estimate of drug-likeness (QED) is 0.439. The number of carbonyl (C=O) groups excluding carboxylic acids is 1. The van der Waals surface area contributed by atoms with E-state index in [0.717, 1.165) is 28.3 Å². The molecule has 1 N–H and O–H groups in total. The molecule has 0 atom stereocenters. The maximum absolute atomic E-state index is 12.1. The van der Waals surface area contributed by atoms with Crippen molar-refractivity contribution < 1.29 is 14.3 Å². The predicted molar refractivity (Wildman–Crippen MR) is 117 cm³/mol. The van der Waals surface area contributed by atoms with Crippen molar-refractivity contribution in [3.63, 3.8) is 0 Å². The Labute approximate surface area is 176 Å². The Morgan fingerprint density at radius 3 is 2.38 bits per heavy atom. The van der Waals surface area contributed by atoms with Crippen molar-refractivity contribution in [2.24, 2.45) is 0 Å². The molecular formula is C24H24ClNO3. The second kappa shape index (κ2) is 10.5. The zero-order chi connectivity index (χ0) is 20.5. The number of ether oxygens (including phenoxy) is 2. The summed E-state index contributed by atoms with van der Waals surface area (Å²) in [6, 6.07) is 22.9. The third-order valence-corrected chi connectivity index (χ3v) is 4.76. The number of nitrogens with one attached hydrogen (secondary N) is 1. The van der Waals surface area contributed by atoms with Gasteiger partial charge in [-0.25, -0.2) is 0 Å². The molecular weight excluding hydrogens is 386 g/mol. The fourth-order valence-corrected chi connectivity index (χ4v) is 2.85. The van der Waals surface area contributed by atoms with E-state index >= 15 is 0 Å². The molecule has 3 aromatic rings. The molecule has 0 aliphatic rings. The highest BCUT2D eigenvalue weighted by Gasteiger charge is 2.04. The van der Waals surface area contributed by atoms with Crippen molar-refractivity contribution >= 4 is 23.2 Å². The molecule has 0 saturated carbocycles. The monoisotopic (exact) mass is 409 g/mol. The fraction of sp³-hybridized carbons (Fsp3) is 0.208. The van der Waals surface area contributed by atoms with E-state index in [2.05, 4.69) is 5.32 Å². The minimum absolute atomic E-state index is 0.0427. The van der Waals surface area contributed by atoms with Crippen LogP contribution in [0, 0.1) is 6.92 Å². The molecule has 1 amide bonds. The van der Waals surface area contributed by atoms with Gasteiger partial charge in [-0.3, -0.25) is 4.79 Å². The molecule has 29 heavy (non-hydrogen) atoms. The average molecular weight is 410 g/mol. The number of hydrogen-bond acceptors (Lipinski definition) is 3. The van der Waals surface area contributed by atoms with Crippen LogP contribution in [0.25, 0.3) is 0 Å². The van der Waals surface area contributed by atoms with Gasteiger partial charge in [0, 0.05) is 17.1 Å². The molecule has 4 nitrogen and oxygen atoms in total. The molecule has 3 aromatic carbocycles. The molecule has 0 aliphatic carbocycles. The minimum Gasteiger partial charge on any atom is -0.494 e. The van der Waals surface area contributed by atoms with Gasteiger partial charge in [-0.15, -0.1) is 0 Å². The van der Waals surface area contributed by atoms with Gasteiger partial charge in [0.25, 0.3) is 0 Å². The molecule has 0 unspecified atom stereocenters. The Morgan fingerprint density at radius 2 is 1.66 bits per heavy atom. The van der Waals surface area contributed by atoms with Crippen molar-refractivity contribution in [3.8, 4) is 11.5 Å². The topological polar surface area (TPSA) is 47.6 Å². The first kappa shape index (κ1) is 20.7. The lowest BCUT2D eigenvalue weighted by atomic mass is 10.2. The fourth-order valence-electron chi connectivity index (χ4n) is 2.73. The average Bonchev–Trinajstić information content (AvgIpc) is 2.74. The zero-order valence-electron chi connectivity index (χ0n) is 16.4. The van der Waals surface area contributed by atoms with Gasteiger partial charge >= 0.3 is 0 Å². The number of anilines is 1. The third-order valence-electron chi connectivity index (χ3n) is 4.33. The van der Waals surface area contributed by atoms with Crippen LogP contribution >= 0.6 is 11.6 Å². The predicted octanol–water partition coefficient (Wildman–Crippen LogP) is 6.03. The summed E-state index contributed by atoms with van der Waals surface area (Å²) in [5, 5.41) is 3.61. The Morgan fingerprint density at radius 1 is 0.931 bits per heavy atom. The second-order valence-electron chi connectivity index (χ2n) is 6.71.